The smallest absolute Gasteiger partial charge is 0.333 e. The van der Waals surface area contributed by atoms with Gasteiger partial charge >= 0.3 is 16.1 Å². The van der Waals surface area contributed by atoms with Crippen LogP contribution in [0, 0.1) is 11.3 Å². The second-order valence-electron chi connectivity index (χ2n) is 6.05. The third-order valence-electron chi connectivity index (χ3n) is 3.76. The van der Waals surface area contributed by atoms with Crippen LogP contribution in [-0.4, -0.2) is 38.9 Å². The first-order chi connectivity index (χ1) is 14.3. The van der Waals surface area contributed by atoms with E-state index in [1.807, 2.05) is 0 Å². The van der Waals surface area contributed by atoms with E-state index in [1.165, 1.54) is 6.92 Å². The van der Waals surface area contributed by atoms with E-state index in [1.54, 1.807) is 42.9 Å². The first kappa shape index (κ1) is 23.3. The summed E-state index contributed by atoms with van der Waals surface area (Å²) in [5.41, 5.74) is 1.65. The number of carbonyl (C=O) groups excluding carboxylic acids is 1. The molecule has 0 aliphatic carbocycles. The predicted octanol–water partition coefficient (Wildman–Crippen LogP) is 3.40. The van der Waals surface area contributed by atoms with Crippen molar-refractivity contribution in [2.24, 2.45) is 5.16 Å². The van der Waals surface area contributed by atoms with Gasteiger partial charge in [0.1, 0.15) is 16.9 Å². The summed E-state index contributed by atoms with van der Waals surface area (Å²) < 4.78 is 38.8. The fourth-order valence-corrected chi connectivity index (χ4v) is 3.74. The number of carbonyl (C=O) groups is 1. The second kappa shape index (κ2) is 10.7. The van der Waals surface area contributed by atoms with E-state index in [0.29, 0.717) is 22.5 Å². The van der Waals surface area contributed by atoms with Crippen LogP contribution in [0.25, 0.3) is 5.57 Å². The summed E-state index contributed by atoms with van der Waals surface area (Å²) in [6, 6.07) is 9.01. The van der Waals surface area contributed by atoms with Crippen molar-refractivity contribution < 1.29 is 27.0 Å². The van der Waals surface area contributed by atoms with E-state index >= 15 is 0 Å². The molecule has 10 heteroatoms. The Morgan fingerprint density at radius 1 is 1.30 bits per heavy atom. The number of benzene rings is 1. The predicted molar refractivity (Wildman–Crippen MR) is 115 cm³/mol. The van der Waals surface area contributed by atoms with Gasteiger partial charge in [-0.05, 0) is 54.7 Å². The topological polar surface area (TPSA) is 115 Å². The Bertz CT molecular complexity index is 1050. The standard InChI is InChI=1S/C20H20N2O6S2/c1-14(2)20(23)27-10-4-12-30(24,25)28-22-19-17(9-11-29-19)18(13-21)15-5-7-16(26-3)8-6-15/h5-9,11H,1,4,10,12H2,2-3H3/b18-17+,22-19+. The molecule has 0 fully saturated rings. The molecule has 0 unspecified atom stereocenters. The molecule has 0 radical (unpaired) electrons. The van der Waals surface area contributed by atoms with Crippen LogP contribution in [0.1, 0.15) is 18.9 Å². The lowest BCUT2D eigenvalue weighted by atomic mass is 10.0. The molecule has 1 heterocycles. The highest BCUT2D eigenvalue weighted by Crippen LogP contribution is 2.31. The number of thioether (sulfide) groups is 1. The normalized spacial score (nSPS) is 16.1. The third-order valence-corrected chi connectivity index (χ3v) is 5.64. The Hall–Kier alpha value is -3.03. The molecule has 0 N–H and O–H groups in total. The summed E-state index contributed by atoms with van der Waals surface area (Å²) in [7, 11) is -2.44. The third kappa shape index (κ3) is 6.50. The molecular weight excluding hydrogens is 428 g/mol. The van der Waals surface area contributed by atoms with Crippen LogP contribution in [0.15, 0.2) is 58.6 Å². The van der Waals surface area contributed by atoms with Crippen molar-refractivity contribution in [3.05, 3.63) is 59.0 Å². The maximum atomic E-state index is 12.0. The SMILES string of the molecule is C=C(C)C(=O)OCCCS(=O)(=O)O/N=C1/SC=C/C1=C(/C#N)c1ccc(OC)cc1. The number of nitriles is 1. The number of oxime groups is 1. The number of hydrogen-bond acceptors (Lipinski definition) is 9. The molecule has 0 spiro atoms. The van der Waals surface area contributed by atoms with Crippen molar-refractivity contribution in [1.29, 1.82) is 5.26 Å². The van der Waals surface area contributed by atoms with Gasteiger partial charge in [-0.15, -0.1) is 0 Å². The van der Waals surface area contributed by atoms with Crippen molar-refractivity contribution in [2.75, 3.05) is 19.5 Å². The fourth-order valence-electron chi connectivity index (χ4n) is 2.25. The van der Waals surface area contributed by atoms with E-state index in [4.69, 9.17) is 13.8 Å². The summed E-state index contributed by atoms with van der Waals surface area (Å²) >= 11 is 1.14. The molecule has 1 aromatic carbocycles. The summed E-state index contributed by atoms with van der Waals surface area (Å²) in [5, 5.41) is 15.2. The van der Waals surface area contributed by atoms with E-state index in [-0.39, 0.29) is 29.4 Å². The Morgan fingerprint density at radius 3 is 2.60 bits per heavy atom. The van der Waals surface area contributed by atoms with Crippen LogP contribution in [0.5, 0.6) is 5.75 Å². The van der Waals surface area contributed by atoms with Gasteiger partial charge in [0.05, 0.1) is 25.0 Å². The Labute approximate surface area is 179 Å². The molecule has 0 saturated heterocycles. The first-order valence-corrected chi connectivity index (χ1v) is 11.2. The molecule has 1 aromatic rings. The van der Waals surface area contributed by atoms with E-state index in [9.17, 15) is 18.5 Å². The van der Waals surface area contributed by atoms with Gasteiger partial charge in [-0.2, -0.15) is 13.7 Å². The van der Waals surface area contributed by atoms with Crippen molar-refractivity contribution in [3.8, 4) is 11.8 Å². The quantitative estimate of drug-likeness (QED) is 0.186. The molecular formula is C20H20N2O6S2. The fraction of sp³-hybridized carbons (Fsp3) is 0.250. The molecule has 158 valence electrons. The number of hydrogen-bond donors (Lipinski definition) is 0. The van der Waals surface area contributed by atoms with Crippen LogP contribution >= 0.6 is 11.8 Å². The van der Waals surface area contributed by atoms with Gasteiger partial charge in [0, 0.05) is 11.1 Å². The number of nitrogens with zero attached hydrogens (tertiary/aromatic N) is 2. The van der Waals surface area contributed by atoms with Crippen LogP contribution < -0.4 is 4.74 Å². The lowest BCUT2D eigenvalue weighted by Crippen LogP contribution is -2.13. The van der Waals surface area contributed by atoms with Crippen LogP contribution in [0.4, 0.5) is 0 Å². The Kier molecular flexibility index (Phi) is 8.26. The monoisotopic (exact) mass is 448 g/mol. The molecule has 0 amide bonds. The van der Waals surface area contributed by atoms with Gasteiger partial charge in [-0.1, -0.05) is 23.5 Å². The molecule has 2 rings (SSSR count). The zero-order valence-corrected chi connectivity index (χ0v) is 18.1. The number of allylic oxidation sites excluding steroid dienone is 2. The molecule has 8 nitrogen and oxygen atoms in total. The maximum absolute atomic E-state index is 12.0. The van der Waals surface area contributed by atoms with Crippen molar-refractivity contribution in [3.63, 3.8) is 0 Å². The lowest BCUT2D eigenvalue weighted by molar-refractivity contribution is -0.138. The van der Waals surface area contributed by atoms with Gasteiger partial charge in [-0.3, -0.25) is 4.28 Å². The van der Waals surface area contributed by atoms with E-state index < -0.39 is 16.1 Å². The molecule has 0 bridgehead atoms. The zero-order chi connectivity index (χ0) is 22.1. The van der Waals surface area contributed by atoms with Gasteiger partial charge in [0.25, 0.3) is 0 Å². The van der Waals surface area contributed by atoms with Gasteiger partial charge in [-0.25, -0.2) is 4.79 Å². The second-order valence-corrected chi connectivity index (χ2v) is 8.62. The van der Waals surface area contributed by atoms with Crippen molar-refractivity contribution in [2.45, 2.75) is 13.3 Å². The summed E-state index contributed by atoms with van der Waals surface area (Å²) in [5.74, 6) is -0.317. The highest BCUT2D eigenvalue weighted by Gasteiger charge is 2.20. The Balaban J connectivity index is 2.08. The number of esters is 1. The first-order valence-electron chi connectivity index (χ1n) is 8.71. The molecule has 30 heavy (non-hydrogen) atoms. The molecule has 1 aliphatic heterocycles. The largest absolute Gasteiger partial charge is 0.497 e. The average Bonchev–Trinajstić information content (AvgIpc) is 3.19. The summed E-state index contributed by atoms with van der Waals surface area (Å²) in [6.07, 6.45) is 1.72. The molecule has 0 aromatic heterocycles. The van der Waals surface area contributed by atoms with E-state index in [2.05, 4.69) is 17.8 Å². The number of ether oxygens (including phenoxy) is 2. The maximum Gasteiger partial charge on any atom is 0.333 e. The summed E-state index contributed by atoms with van der Waals surface area (Å²) in [6.45, 7) is 4.86. The summed E-state index contributed by atoms with van der Waals surface area (Å²) in [4.78, 5) is 11.3. The average molecular weight is 449 g/mol. The number of methoxy groups -OCH3 is 1. The molecule has 0 saturated carbocycles. The van der Waals surface area contributed by atoms with Crippen molar-refractivity contribution in [1.82, 2.24) is 0 Å². The van der Waals surface area contributed by atoms with Crippen LogP contribution in [-0.2, 0) is 23.9 Å². The minimum Gasteiger partial charge on any atom is -0.497 e. The Morgan fingerprint density at radius 2 is 2.00 bits per heavy atom. The number of rotatable bonds is 9. The highest BCUT2D eigenvalue weighted by molar-refractivity contribution is 8.17. The van der Waals surface area contributed by atoms with Crippen LogP contribution in [0.2, 0.25) is 0 Å². The van der Waals surface area contributed by atoms with Crippen molar-refractivity contribution >= 4 is 38.5 Å². The lowest BCUT2D eigenvalue weighted by Gasteiger charge is -2.07. The van der Waals surface area contributed by atoms with Crippen LogP contribution in [0.3, 0.4) is 0 Å². The minimum atomic E-state index is -3.98. The van der Waals surface area contributed by atoms with Gasteiger partial charge in [0.15, 0.2) is 0 Å². The molecule has 0 atom stereocenters. The minimum absolute atomic E-state index is 0.0512. The van der Waals surface area contributed by atoms with E-state index in [0.717, 1.165) is 11.8 Å². The highest BCUT2D eigenvalue weighted by atomic mass is 32.2. The van der Waals surface area contributed by atoms with Gasteiger partial charge < -0.3 is 9.47 Å². The molecule has 1 aliphatic rings. The van der Waals surface area contributed by atoms with Gasteiger partial charge in [0.2, 0.25) is 0 Å². The zero-order valence-electron chi connectivity index (χ0n) is 16.5.